The fraction of sp³-hybridized carbons (Fsp3) is 0.417. The van der Waals surface area contributed by atoms with Crippen molar-refractivity contribution in [2.45, 2.75) is 51.1 Å². The van der Waals surface area contributed by atoms with Crippen molar-refractivity contribution in [1.82, 2.24) is 10.2 Å². The van der Waals surface area contributed by atoms with E-state index < -0.39 is 6.04 Å². The number of aryl methyl sites for hydroxylation is 1. The summed E-state index contributed by atoms with van der Waals surface area (Å²) >= 11 is 1.51. The summed E-state index contributed by atoms with van der Waals surface area (Å²) in [6, 6.07) is 15.9. The van der Waals surface area contributed by atoms with Gasteiger partial charge in [-0.1, -0.05) is 56.3 Å². The van der Waals surface area contributed by atoms with Gasteiger partial charge in [0.25, 0.3) is 0 Å². The lowest BCUT2D eigenvalue weighted by Gasteiger charge is -2.31. The van der Waals surface area contributed by atoms with Crippen LogP contribution < -0.4 is 5.32 Å². The molecule has 30 heavy (non-hydrogen) atoms. The first kappa shape index (κ1) is 22.3. The Hall–Kier alpha value is -2.34. The van der Waals surface area contributed by atoms with E-state index in [0.717, 1.165) is 12.8 Å². The van der Waals surface area contributed by atoms with Crippen molar-refractivity contribution in [2.75, 3.05) is 5.75 Å². The monoisotopic (exact) mass is 428 g/mol. The van der Waals surface area contributed by atoms with E-state index in [-0.39, 0.29) is 35.0 Å². The number of rotatable bonds is 7. The van der Waals surface area contributed by atoms with Crippen LogP contribution in [0.15, 0.2) is 54.6 Å². The summed E-state index contributed by atoms with van der Waals surface area (Å²) in [5.74, 6) is -0.322. The second kappa shape index (κ2) is 10.1. The van der Waals surface area contributed by atoms with Crippen LogP contribution in [0.25, 0.3) is 0 Å². The van der Waals surface area contributed by atoms with E-state index in [9.17, 15) is 14.0 Å². The Morgan fingerprint density at radius 2 is 1.87 bits per heavy atom. The molecule has 0 spiro atoms. The first-order chi connectivity index (χ1) is 14.4. The van der Waals surface area contributed by atoms with Crippen LogP contribution in [0.1, 0.15) is 43.7 Å². The highest BCUT2D eigenvalue weighted by Gasteiger charge is 2.43. The molecule has 1 heterocycles. The molecule has 4 nitrogen and oxygen atoms in total. The Morgan fingerprint density at radius 3 is 2.53 bits per heavy atom. The minimum absolute atomic E-state index is 0.00747. The predicted molar refractivity (Wildman–Crippen MR) is 119 cm³/mol. The second-order valence-corrected chi connectivity index (χ2v) is 9.20. The van der Waals surface area contributed by atoms with E-state index in [2.05, 4.69) is 17.4 Å². The molecule has 3 rings (SSSR count). The van der Waals surface area contributed by atoms with Crippen LogP contribution in [0.4, 0.5) is 4.39 Å². The molecule has 2 aromatic rings. The second-order valence-electron chi connectivity index (χ2n) is 8.09. The van der Waals surface area contributed by atoms with Crippen molar-refractivity contribution in [3.05, 3.63) is 71.5 Å². The molecule has 0 radical (unpaired) electrons. The summed E-state index contributed by atoms with van der Waals surface area (Å²) in [5.41, 5.74) is 1.94. The zero-order valence-electron chi connectivity index (χ0n) is 17.7. The Bertz CT molecular complexity index is 875. The van der Waals surface area contributed by atoms with E-state index in [0.29, 0.717) is 11.3 Å². The lowest BCUT2D eigenvalue weighted by atomic mass is 10.1. The van der Waals surface area contributed by atoms with E-state index >= 15 is 0 Å². The third-order valence-electron chi connectivity index (χ3n) is 5.28. The molecular formula is C24H29FN2O2S. The van der Waals surface area contributed by atoms with Gasteiger partial charge in [0.1, 0.15) is 17.2 Å². The molecular weight excluding hydrogens is 399 g/mol. The minimum Gasteiger partial charge on any atom is -0.352 e. The average Bonchev–Trinajstić information content (AvgIpc) is 3.17. The first-order valence-corrected chi connectivity index (χ1v) is 11.4. The SMILES string of the molecule is CC(CCc1ccccc1)NC(=O)C1CSC(c2cccc(F)c2)N1C(=O)C(C)C. The van der Waals surface area contributed by atoms with E-state index in [1.165, 1.54) is 29.5 Å². The van der Waals surface area contributed by atoms with Crippen LogP contribution >= 0.6 is 11.8 Å². The molecule has 3 atom stereocenters. The van der Waals surface area contributed by atoms with Crippen molar-refractivity contribution in [1.29, 1.82) is 0 Å². The summed E-state index contributed by atoms with van der Waals surface area (Å²) in [4.78, 5) is 27.7. The van der Waals surface area contributed by atoms with Gasteiger partial charge in [0, 0.05) is 17.7 Å². The van der Waals surface area contributed by atoms with Gasteiger partial charge in [-0.2, -0.15) is 0 Å². The van der Waals surface area contributed by atoms with Crippen LogP contribution in [0.5, 0.6) is 0 Å². The molecule has 2 aromatic carbocycles. The quantitative estimate of drug-likeness (QED) is 0.703. The van der Waals surface area contributed by atoms with Crippen molar-refractivity contribution < 1.29 is 14.0 Å². The van der Waals surface area contributed by atoms with Crippen LogP contribution in [0.3, 0.4) is 0 Å². The maximum atomic E-state index is 13.8. The molecule has 160 valence electrons. The molecule has 1 aliphatic heterocycles. The molecule has 1 aliphatic rings. The number of nitrogens with zero attached hydrogens (tertiary/aromatic N) is 1. The summed E-state index contributed by atoms with van der Waals surface area (Å²) < 4.78 is 13.8. The Balaban J connectivity index is 1.69. The third-order valence-corrected chi connectivity index (χ3v) is 6.61. The van der Waals surface area contributed by atoms with Crippen molar-refractivity contribution in [2.24, 2.45) is 5.92 Å². The lowest BCUT2D eigenvalue weighted by Crippen LogP contribution is -2.51. The van der Waals surface area contributed by atoms with Gasteiger partial charge < -0.3 is 10.2 Å². The lowest BCUT2D eigenvalue weighted by molar-refractivity contribution is -0.142. The highest BCUT2D eigenvalue weighted by molar-refractivity contribution is 7.99. The highest BCUT2D eigenvalue weighted by Crippen LogP contribution is 2.42. The van der Waals surface area contributed by atoms with Gasteiger partial charge in [-0.3, -0.25) is 9.59 Å². The molecule has 6 heteroatoms. The Labute approximate surface area is 182 Å². The normalized spacial score (nSPS) is 19.7. The van der Waals surface area contributed by atoms with Gasteiger partial charge in [-0.15, -0.1) is 11.8 Å². The van der Waals surface area contributed by atoms with E-state index in [1.807, 2.05) is 45.0 Å². The number of nitrogens with one attached hydrogen (secondary N) is 1. The molecule has 1 N–H and O–H groups in total. The number of amides is 2. The number of carbonyl (C=O) groups is 2. The van der Waals surface area contributed by atoms with Crippen molar-refractivity contribution in [3.63, 3.8) is 0 Å². The Morgan fingerprint density at radius 1 is 1.13 bits per heavy atom. The van der Waals surface area contributed by atoms with Crippen LogP contribution in [0, 0.1) is 11.7 Å². The molecule has 0 aliphatic carbocycles. The fourth-order valence-electron chi connectivity index (χ4n) is 3.63. The third kappa shape index (κ3) is 5.42. The number of halogens is 1. The maximum Gasteiger partial charge on any atom is 0.243 e. The smallest absolute Gasteiger partial charge is 0.243 e. The molecule has 1 saturated heterocycles. The van der Waals surface area contributed by atoms with Crippen LogP contribution in [-0.4, -0.2) is 34.6 Å². The zero-order valence-corrected chi connectivity index (χ0v) is 18.5. The summed E-state index contributed by atoms with van der Waals surface area (Å²) in [7, 11) is 0. The van der Waals surface area contributed by atoms with Crippen LogP contribution in [-0.2, 0) is 16.0 Å². The van der Waals surface area contributed by atoms with Gasteiger partial charge in [-0.05, 0) is 43.0 Å². The molecule has 3 unspecified atom stereocenters. The summed E-state index contributed by atoms with van der Waals surface area (Å²) in [6.07, 6.45) is 1.70. The van der Waals surface area contributed by atoms with Crippen molar-refractivity contribution in [3.8, 4) is 0 Å². The van der Waals surface area contributed by atoms with Gasteiger partial charge in [0.05, 0.1) is 0 Å². The predicted octanol–water partition coefficient (Wildman–Crippen LogP) is 4.56. The Kier molecular flexibility index (Phi) is 7.53. The van der Waals surface area contributed by atoms with Gasteiger partial charge in [0.2, 0.25) is 11.8 Å². The number of thioether (sulfide) groups is 1. The highest BCUT2D eigenvalue weighted by atomic mass is 32.2. The number of benzene rings is 2. The molecule has 2 amide bonds. The van der Waals surface area contributed by atoms with Gasteiger partial charge >= 0.3 is 0 Å². The van der Waals surface area contributed by atoms with Gasteiger partial charge in [0.15, 0.2) is 0 Å². The number of hydrogen-bond donors (Lipinski definition) is 1. The molecule has 0 saturated carbocycles. The largest absolute Gasteiger partial charge is 0.352 e. The standard InChI is InChI=1S/C24H29FN2O2S/c1-16(2)23(29)27-21(15-30-24(27)19-10-7-11-20(25)14-19)22(28)26-17(3)12-13-18-8-5-4-6-9-18/h4-11,14,16-17,21,24H,12-13,15H2,1-3H3,(H,26,28). The van der Waals surface area contributed by atoms with E-state index in [1.54, 1.807) is 11.0 Å². The van der Waals surface area contributed by atoms with Crippen LogP contribution in [0.2, 0.25) is 0 Å². The fourth-order valence-corrected chi connectivity index (χ4v) is 5.06. The zero-order chi connectivity index (χ0) is 21.7. The molecule has 0 aromatic heterocycles. The minimum atomic E-state index is -0.558. The topological polar surface area (TPSA) is 49.4 Å². The molecule has 0 bridgehead atoms. The number of hydrogen-bond acceptors (Lipinski definition) is 3. The van der Waals surface area contributed by atoms with Gasteiger partial charge in [-0.25, -0.2) is 4.39 Å². The van der Waals surface area contributed by atoms with Crippen molar-refractivity contribution >= 4 is 23.6 Å². The summed E-state index contributed by atoms with van der Waals surface area (Å²) in [6.45, 7) is 5.64. The number of carbonyl (C=O) groups excluding carboxylic acids is 2. The maximum absolute atomic E-state index is 13.8. The average molecular weight is 429 g/mol. The molecule has 1 fully saturated rings. The summed E-state index contributed by atoms with van der Waals surface area (Å²) in [5, 5.41) is 2.72. The van der Waals surface area contributed by atoms with E-state index in [4.69, 9.17) is 0 Å². The first-order valence-electron chi connectivity index (χ1n) is 10.4.